The smallest absolute Gasteiger partial charge is 0.312 e. The molecular weight excluding hydrogens is 292 g/mol. The van der Waals surface area contributed by atoms with E-state index in [0.717, 1.165) is 10.0 Å². The number of hydrogen-bond donors (Lipinski definition) is 0. The molecule has 0 aliphatic rings. The van der Waals surface area contributed by atoms with Crippen LogP contribution in [0.4, 0.5) is 0 Å². The van der Waals surface area contributed by atoms with Crippen LogP contribution in [0.25, 0.3) is 0 Å². The molecule has 0 fully saturated rings. The Hall–Kier alpha value is -0.830. The van der Waals surface area contributed by atoms with Gasteiger partial charge < -0.3 is 4.74 Å². The maximum absolute atomic E-state index is 12.1. The van der Waals surface area contributed by atoms with Crippen LogP contribution in [0.2, 0.25) is 0 Å². The molecule has 1 aromatic rings. The minimum Gasteiger partial charge on any atom is -0.460 e. The summed E-state index contributed by atoms with van der Waals surface area (Å²) in [7, 11) is 0. The lowest BCUT2D eigenvalue weighted by Crippen LogP contribution is -2.35. The summed E-state index contributed by atoms with van der Waals surface area (Å²) < 4.78 is 6.48. The number of carbonyl (C=O) groups is 1. The first kappa shape index (κ1) is 15.2. The summed E-state index contributed by atoms with van der Waals surface area (Å²) in [6, 6.07) is 8.01. The van der Waals surface area contributed by atoms with Gasteiger partial charge in [-0.05, 0) is 58.7 Å². The van der Waals surface area contributed by atoms with Crippen LogP contribution in [0.15, 0.2) is 28.7 Å². The van der Waals surface area contributed by atoms with Crippen molar-refractivity contribution in [1.82, 2.24) is 0 Å². The summed E-state index contributed by atoms with van der Waals surface area (Å²) in [4.78, 5) is 12.1. The van der Waals surface area contributed by atoms with E-state index in [1.807, 2.05) is 58.9 Å². The normalized spacial score (nSPS) is 12.3. The van der Waals surface area contributed by atoms with Crippen molar-refractivity contribution in [3.05, 3.63) is 34.3 Å². The van der Waals surface area contributed by atoms with E-state index in [4.69, 9.17) is 4.74 Å². The van der Waals surface area contributed by atoms with Crippen LogP contribution in [-0.4, -0.2) is 11.6 Å². The number of benzene rings is 1. The molecule has 0 atom stereocenters. The van der Waals surface area contributed by atoms with E-state index in [0.29, 0.717) is 6.42 Å². The van der Waals surface area contributed by atoms with Gasteiger partial charge in [0.2, 0.25) is 0 Å². The molecule has 0 bridgehead atoms. The summed E-state index contributed by atoms with van der Waals surface area (Å²) in [5.74, 6) is -0.157. The fourth-order valence-electron chi connectivity index (χ4n) is 1.65. The summed E-state index contributed by atoms with van der Waals surface area (Å²) in [5.41, 5.74) is 0.167. The molecule has 0 aromatic heterocycles. The molecule has 0 saturated carbocycles. The van der Waals surface area contributed by atoms with Gasteiger partial charge in [-0.25, -0.2) is 0 Å². The van der Waals surface area contributed by atoms with Crippen molar-refractivity contribution in [2.75, 3.05) is 0 Å². The number of rotatable bonds is 3. The van der Waals surface area contributed by atoms with Gasteiger partial charge in [-0.2, -0.15) is 0 Å². The lowest BCUT2D eigenvalue weighted by Gasteiger charge is -2.28. The Balaban J connectivity index is 2.78. The first-order valence-electron chi connectivity index (χ1n) is 6.08. The molecule has 1 rings (SSSR count). The molecule has 3 heteroatoms. The Bertz CT molecular complexity index is 430. The maximum Gasteiger partial charge on any atom is 0.312 e. The molecule has 0 amide bonds. The monoisotopic (exact) mass is 312 g/mol. The van der Waals surface area contributed by atoms with Gasteiger partial charge in [0.15, 0.2) is 0 Å². The summed E-state index contributed by atoms with van der Waals surface area (Å²) in [5, 5.41) is 0. The van der Waals surface area contributed by atoms with Gasteiger partial charge >= 0.3 is 5.97 Å². The summed E-state index contributed by atoms with van der Waals surface area (Å²) in [6.45, 7) is 9.50. The third kappa shape index (κ3) is 4.81. The van der Waals surface area contributed by atoms with Crippen LogP contribution < -0.4 is 0 Å². The van der Waals surface area contributed by atoms with E-state index in [1.165, 1.54) is 0 Å². The second-order valence-corrected chi connectivity index (χ2v) is 7.11. The predicted octanol–water partition coefficient (Wildman–Crippen LogP) is 4.36. The molecule has 1 aromatic carbocycles. The van der Waals surface area contributed by atoms with Crippen LogP contribution in [0.1, 0.15) is 40.2 Å². The van der Waals surface area contributed by atoms with E-state index in [9.17, 15) is 4.79 Å². The fraction of sp³-hybridized carbons (Fsp3) is 0.533. The number of halogens is 1. The average Bonchev–Trinajstić information content (AvgIpc) is 2.13. The zero-order chi connectivity index (χ0) is 14.0. The van der Waals surface area contributed by atoms with Crippen LogP contribution in [0, 0.1) is 5.41 Å². The topological polar surface area (TPSA) is 26.3 Å². The molecule has 0 N–H and O–H groups in total. The van der Waals surface area contributed by atoms with Gasteiger partial charge in [0, 0.05) is 4.47 Å². The van der Waals surface area contributed by atoms with Gasteiger partial charge in [0.05, 0.1) is 5.41 Å². The summed E-state index contributed by atoms with van der Waals surface area (Å²) >= 11 is 3.44. The number of carbonyl (C=O) groups excluding carboxylic acids is 1. The Kier molecular flexibility index (Phi) is 4.60. The zero-order valence-corrected chi connectivity index (χ0v) is 13.3. The molecule has 0 aliphatic heterocycles. The van der Waals surface area contributed by atoms with Gasteiger partial charge in [-0.3, -0.25) is 4.79 Å². The number of esters is 1. The lowest BCUT2D eigenvalue weighted by atomic mass is 9.85. The highest BCUT2D eigenvalue weighted by atomic mass is 79.9. The predicted molar refractivity (Wildman–Crippen MR) is 77.5 cm³/mol. The van der Waals surface area contributed by atoms with Gasteiger partial charge in [0.1, 0.15) is 5.60 Å². The second-order valence-electron chi connectivity index (χ2n) is 6.19. The van der Waals surface area contributed by atoms with Crippen molar-refractivity contribution >= 4 is 21.9 Å². The Morgan fingerprint density at radius 2 is 1.83 bits per heavy atom. The van der Waals surface area contributed by atoms with E-state index in [2.05, 4.69) is 15.9 Å². The highest BCUT2D eigenvalue weighted by molar-refractivity contribution is 9.10. The Morgan fingerprint density at radius 1 is 1.22 bits per heavy atom. The minimum atomic E-state index is -0.520. The van der Waals surface area contributed by atoms with Crippen LogP contribution in [-0.2, 0) is 16.0 Å². The van der Waals surface area contributed by atoms with Gasteiger partial charge in [-0.15, -0.1) is 0 Å². The molecule has 0 heterocycles. The SMILES string of the molecule is CC(C)(C)OC(=O)C(C)(C)Cc1cccc(Br)c1. The minimum absolute atomic E-state index is 0.157. The molecule has 0 spiro atoms. The highest BCUT2D eigenvalue weighted by Gasteiger charge is 2.32. The molecule has 18 heavy (non-hydrogen) atoms. The molecular formula is C15H21BrO2. The molecule has 0 saturated heterocycles. The Labute approximate surface area is 118 Å². The van der Waals surface area contributed by atoms with Crippen molar-refractivity contribution < 1.29 is 9.53 Å². The standard InChI is InChI=1S/C15H21BrO2/c1-14(2,3)18-13(17)15(4,5)10-11-7-6-8-12(16)9-11/h6-9H,10H2,1-5H3. The van der Waals surface area contributed by atoms with Crippen LogP contribution >= 0.6 is 15.9 Å². The van der Waals surface area contributed by atoms with Crippen LogP contribution in [0.5, 0.6) is 0 Å². The first-order valence-corrected chi connectivity index (χ1v) is 6.87. The number of ether oxygens (including phenoxy) is 1. The summed E-state index contributed by atoms with van der Waals surface area (Å²) in [6.07, 6.45) is 0.668. The largest absolute Gasteiger partial charge is 0.460 e. The fourth-order valence-corrected chi connectivity index (χ4v) is 2.09. The third-order valence-corrected chi connectivity index (χ3v) is 2.98. The average molecular weight is 313 g/mol. The van der Waals surface area contributed by atoms with Crippen LogP contribution in [0.3, 0.4) is 0 Å². The molecule has 0 aliphatic carbocycles. The van der Waals surface area contributed by atoms with Crippen molar-refractivity contribution in [1.29, 1.82) is 0 Å². The van der Waals surface area contributed by atoms with Gasteiger partial charge in [-0.1, -0.05) is 28.1 Å². The lowest BCUT2D eigenvalue weighted by molar-refractivity contribution is -0.165. The molecule has 2 nitrogen and oxygen atoms in total. The molecule has 0 radical (unpaired) electrons. The van der Waals surface area contributed by atoms with Gasteiger partial charge in [0.25, 0.3) is 0 Å². The van der Waals surface area contributed by atoms with E-state index in [1.54, 1.807) is 0 Å². The van der Waals surface area contributed by atoms with E-state index in [-0.39, 0.29) is 5.97 Å². The van der Waals surface area contributed by atoms with Crippen molar-refractivity contribution in [3.63, 3.8) is 0 Å². The second kappa shape index (κ2) is 5.43. The van der Waals surface area contributed by atoms with Crippen molar-refractivity contribution in [3.8, 4) is 0 Å². The highest BCUT2D eigenvalue weighted by Crippen LogP contribution is 2.27. The zero-order valence-electron chi connectivity index (χ0n) is 11.7. The first-order chi connectivity index (χ1) is 8.10. The maximum atomic E-state index is 12.1. The molecule has 0 unspecified atom stereocenters. The third-order valence-electron chi connectivity index (χ3n) is 2.49. The Morgan fingerprint density at radius 3 is 2.33 bits per heavy atom. The van der Waals surface area contributed by atoms with Crippen molar-refractivity contribution in [2.24, 2.45) is 5.41 Å². The number of hydrogen-bond acceptors (Lipinski definition) is 2. The van der Waals surface area contributed by atoms with E-state index < -0.39 is 11.0 Å². The van der Waals surface area contributed by atoms with E-state index >= 15 is 0 Å². The quantitative estimate of drug-likeness (QED) is 0.775. The van der Waals surface area contributed by atoms with Crippen molar-refractivity contribution in [2.45, 2.75) is 46.6 Å². The molecule has 100 valence electrons.